The lowest BCUT2D eigenvalue weighted by molar-refractivity contribution is 0.161. The number of hydrogen-bond acceptors (Lipinski definition) is 3. The van der Waals surface area contributed by atoms with Gasteiger partial charge in [0.05, 0.1) is 12.2 Å². The summed E-state index contributed by atoms with van der Waals surface area (Å²) in [5.41, 5.74) is 2.08. The van der Waals surface area contributed by atoms with Gasteiger partial charge in [-0.1, -0.05) is 32.8 Å². The minimum Gasteiger partial charge on any atom is -0.355 e. The molecule has 0 radical (unpaired) electrons. The molecule has 140 valence electrons. The summed E-state index contributed by atoms with van der Waals surface area (Å²) < 4.78 is 0. The Balaban J connectivity index is 1.86. The molecule has 1 saturated heterocycles. The number of aliphatic imine (C=N–C) groups is 1. The fraction of sp³-hybridized carbons (Fsp3) is 0.700. The molecule has 2 N–H and O–H groups in total. The molecule has 5 heteroatoms. The molecule has 1 fully saturated rings. The third kappa shape index (κ3) is 6.65. The van der Waals surface area contributed by atoms with Crippen LogP contribution in [0.1, 0.15) is 50.9 Å². The maximum absolute atomic E-state index is 4.53. The Morgan fingerprint density at radius 1 is 1.16 bits per heavy atom. The lowest BCUT2D eigenvalue weighted by atomic mass is 10.0. The molecule has 5 nitrogen and oxygen atoms in total. The van der Waals surface area contributed by atoms with Crippen LogP contribution in [0.5, 0.6) is 0 Å². The van der Waals surface area contributed by atoms with E-state index in [1.165, 1.54) is 38.8 Å². The highest BCUT2D eigenvalue weighted by Crippen LogP contribution is 2.17. The van der Waals surface area contributed by atoms with Gasteiger partial charge in [0.2, 0.25) is 0 Å². The average molecular weight is 346 g/mol. The first-order valence-electron chi connectivity index (χ1n) is 9.71. The number of nitrogens with zero attached hydrogens (tertiary/aromatic N) is 3. The van der Waals surface area contributed by atoms with Crippen LogP contribution in [-0.4, -0.2) is 48.6 Å². The van der Waals surface area contributed by atoms with Gasteiger partial charge in [0.15, 0.2) is 5.96 Å². The molecule has 0 bridgehead atoms. The third-order valence-corrected chi connectivity index (χ3v) is 4.96. The molecule has 0 spiro atoms. The second kappa shape index (κ2) is 10.4. The number of likely N-dealkylation sites (tertiary alicyclic amines) is 1. The summed E-state index contributed by atoms with van der Waals surface area (Å²) in [5.74, 6) is 1.48. The third-order valence-electron chi connectivity index (χ3n) is 4.96. The van der Waals surface area contributed by atoms with Crippen molar-refractivity contribution >= 4 is 5.96 Å². The maximum Gasteiger partial charge on any atom is 0.191 e. The van der Waals surface area contributed by atoms with Gasteiger partial charge in [0.1, 0.15) is 0 Å². The zero-order valence-corrected chi connectivity index (χ0v) is 16.4. The number of rotatable bonds is 6. The number of aromatic nitrogens is 1. The SMILES string of the molecule is CN=C(NCc1cccc(C)n1)NCC(C(C)C)N1CCCCCC1. The van der Waals surface area contributed by atoms with Crippen molar-refractivity contribution in [2.45, 2.75) is 59.0 Å². The second-order valence-electron chi connectivity index (χ2n) is 7.34. The standard InChI is InChI=1S/C20H35N5/c1-16(2)19(25-12-7-5-6-8-13-25)15-23-20(21-4)22-14-18-11-9-10-17(3)24-18/h9-11,16,19H,5-8,12-15H2,1-4H3,(H2,21,22,23). The van der Waals surface area contributed by atoms with E-state index >= 15 is 0 Å². The van der Waals surface area contributed by atoms with Crippen LogP contribution in [0.2, 0.25) is 0 Å². The van der Waals surface area contributed by atoms with Crippen molar-refractivity contribution in [3.8, 4) is 0 Å². The fourth-order valence-corrected chi connectivity index (χ4v) is 3.51. The monoisotopic (exact) mass is 345 g/mol. The number of nitrogens with one attached hydrogen (secondary N) is 2. The molecule has 1 aromatic heterocycles. The van der Waals surface area contributed by atoms with Gasteiger partial charge in [-0.3, -0.25) is 14.9 Å². The molecule has 1 atom stereocenters. The molecule has 2 heterocycles. The summed E-state index contributed by atoms with van der Waals surface area (Å²) >= 11 is 0. The van der Waals surface area contributed by atoms with Crippen molar-refractivity contribution in [3.63, 3.8) is 0 Å². The lowest BCUT2D eigenvalue weighted by Crippen LogP contribution is -2.49. The Morgan fingerprint density at radius 3 is 2.48 bits per heavy atom. The summed E-state index contributed by atoms with van der Waals surface area (Å²) in [4.78, 5) is 11.6. The molecular formula is C20H35N5. The van der Waals surface area contributed by atoms with E-state index in [9.17, 15) is 0 Å². The summed E-state index contributed by atoms with van der Waals surface area (Å²) in [6.07, 6.45) is 5.41. The van der Waals surface area contributed by atoms with E-state index in [0.29, 0.717) is 18.5 Å². The Labute approximate surface area is 153 Å². The Morgan fingerprint density at radius 2 is 1.88 bits per heavy atom. The molecule has 2 rings (SSSR count). The topological polar surface area (TPSA) is 52.6 Å². The minimum atomic E-state index is 0.550. The van der Waals surface area contributed by atoms with E-state index in [4.69, 9.17) is 0 Å². The fourth-order valence-electron chi connectivity index (χ4n) is 3.51. The summed E-state index contributed by atoms with van der Waals surface area (Å²) in [5, 5.41) is 6.90. The quantitative estimate of drug-likeness (QED) is 0.615. The zero-order valence-electron chi connectivity index (χ0n) is 16.4. The molecule has 1 aliphatic heterocycles. The van der Waals surface area contributed by atoms with E-state index in [2.05, 4.69) is 39.4 Å². The molecule has 1 aliphatic rings. The van der Waals surface area contributed by atoms with Crippen LogP contribution in [0.3, 0.4) is 0 Å². The number of aryl methyl sites for hydroxylation is 1. The van der Waals surface area contributed by atoms with Crippen molar-refractivity contribution in [2.75, 3.05) is 26.7 Å². The van der Waals surface area contributed by atoms with Gasteiger partial charge in [-0.2, -0.15) is 0 Å². The van der Waals surface area contributed by atoms with Crippen LogP contribution in [0.15, 0.2) is 23.2 Å². The predicted molar refractivity (Wildman–Crippen MR) is 106 cm³/mol. The molecule has 1 unspecified atom stereocenters. The van der Waals surface area contributed by atoms with Crippen LogP contribution in [-0.2, 0) is 6.54 Å². The summed E-state index contributed by atoms with van der Waals surface area (Å²) in [6.45, 7) is 10.7. The summed E-state index contributed by atoms with van der Waals surface area (Å²) in [7, 11) is 1.83. The number of pyridine rings is 1. The summed E-state index contributed by atoms with van der Waals surface area (Å²) in [6, 6.07) is 6.66. The van der Waals surface area contributed by atoms with Gasteiger partial charge in [0, 0.05) is 25.3 Å². The van der Waals surface area contributed by atoms with Crippen molar-refractivity contribution < 1.29 is 0 Å². The van der Waals surface area contributed by atoms with Crippen LogP contribution in [0.25, 0.3) is 0 Å². The van der Waals surface area contributed by atoms with Crippen molar-refractivity contribution in [1.29, 1.82) is 0 Å². The Bertz CT molecular complexity index is 533. The van der Waals surface area contributed by atoms with Gasteiger partial charge < -0.3 is 10.6 Å². The largest absolute Gasteiger partial charge is 0.355 e. The lowest BCUT2D eigenvalue weighted by Gasteiger charge is -2.34. The van der Waals surface area contributed by atoms with Gasteiger partial charge in [-0.25, -0.2) is 0 Å². The van der Waals surface area contributed by atoms with Gasteiger partial charge in [-0.05, 0) is 50.9 Å². The maximum atomic E-state index is 4.53. The molecule has 0 aliphatic carbocycles. The van der Waals surface area contributed by atoms with E-state index < -0.39 is 0 Å². The van der Waals surface area contributed by atoms with Crippen molar-refractivity contribution in [2.24, 2.45) is 10.9 Å². The van der Waals surface area contributed by atoms with E-state index in [0.717, 1.165) is 23.9 Å². The van der Waals surface area contributed by atoms with Crippen molar-refractivity contribution in [1.82, 2.24) is 20.5 Å². The molecule has 0 aromatic carbocycles. The first kappa shape index (κ1) is 19.7. The predicted octanol–water partition coefficient (Wildman–Crippen LogP) is 2.96. The van der Waals surface area contributed by atoms with E-state index in [-0.39, 0.29) is 0 Å². The van der Waals surface area contributed by atoms with Crippen LogP contribution >= 0.6 is 0 Å². The van der Waals surface area contributed by atoms with Gasteiger partial charge in [0.25, 0.3) is 0 Å². The molecule has 0 amide bonds. The normalized spacial score (nSPS) is 18.0. The van der Waals surface area contributed by atoms with Crippen LogP contribution < -0.4 is 10.6 Å². The number of hydrogen-bond donors (Lipinski definition) is 2. The molecule has 1 aromatic rings. The van der Waals surface area contributed by atoms with E-state index in [1.807, 2.05) is 32.2 Å². The Hall–Kier alpha value is -1.62. The van der Waals surface area contributed by atoms with Gasteiger partial charge in [-0.15, -0.1) is 0 Å². The highest BCUT2D eigenvalue weighted by atomic mass is 15.2. The van der Waals surface area contributed by atoms with E-state index in [1.54, 1.807) is 0 Å². The minimum absolute atomic E-state index is 0.550. The van der Waals surface area contributed by atoms with Crippen LogP contribution in [0, 0.1) is 12.8 Å². The molecule has 25 heavy (non-hydrogen) atoms. The number of guanidine groups is 1. The first-order chi connectivity index (χ1) is 12.1. The van der Waals surface area contributed by atoms with Crippen molar-refractivity contribution in [3.05, 3.63) is 29.6 Å². The highest BCUT2D eigenvalue weighted by molar-refractivity contribution is 5.79. The zero-order chi connectivity index (χ0) is 18.1. The second-order valence-corrected chi connectivity index (χ2v) is 7.34. The average Bonchev–Trinajstić information content (AvgIpc) is 2.87. The smallest absolute Gasteiger partial charge is 0.191 e. The first-order valence-corrected chi connectivity index (χ1v) is 9.71. The van der Waals surface area contributed by atoms with Crippen LogP contribution in [0.4, 0.5) is 0 Å². The Kier molecular flexibility index (Phi) is 8.19. The highest BCUT2D eigenvalue weighted by Gasteiger charge is 2.22. The molecule has 0 saturated carbocycles. The van der Waals surface area contributed by atoms with Gasteiger partial charge >= 0.3 is 0 Å². The molecular weight excluding hydrogens is 310 g/mol.